The van der Waals surface area contributed by atoms with Crippen LogP contribution in [0.1, 0.15) is 32.6 Å². The van der Waals surface area contributed by atoms with Crippen LogP contribution in [0, 0.1) is 0 Å². The van der Waals surface area contributed by atoms with E-state index in [-0.39, 0.29) is 5.60 Å². The second kappa shape index (κ2) is 6.62. The summed E-state index contributed by atoms with van der Waals surface area (Å²) in [5, 5.41) is 0. The molecule has 0 N–H and O–H groups in total. The van der Waals surface area contributed by atoms with Crippen molar-refractivity contribution in [3.05, 3.63) is 0 Å². The van der Waals surface area contributed by atoms with Crippen LogP contribution in [0.5, 0.6) is 0 Å². The molecule has 1 fully saturated rings. The lowest BCUT2D eigenvalue weighted by Crippen LogP contribution is -2.39. The van der Waals surface area contributed by atoms with E-state index in [2.05, 4.69) is 29.5 Å². The third-order valence-electron chi connectivity index (χ3n) is 2.97. The van der Waals surface area contributed by atoms with Gasteiger partial charge in [0.2, 0.25) is 0 Å². The highest BCUT2D eigenvalue weighted by Crippen LogP contribution is 2.28. The van der Waals surface area contributed by atoms with Crippen molar-refractivity contribution in [2.45, 2.75) is 50.4 Å². The Hall–Kier alpha value is 0.940. The van der Waals surface area contributed by atoms with Crippen molar-refractivity contribution in [1.29, 1.82) is 0 Å². The Kier molecular flexibility index (Phi) is 6.18. The molecule has 90 valence electrons. The maximum atomic E-state index is 6.08. The lowest BCUT2D eigenvalue weighted by atomic mass is 9.94. The quantitative estimate of drug-likeness (QED) is 0.561. The predicted octanol–water partition coefficient (Wildman–Crippen LogP) is 3.39. The third-order valence-corrected chi connectivity index (χ3v) is 5.15. The van der Waals surface area contributed by atoms with Gasteiger partial charge in [-0.1, -0.05) is 22.6 Å². The average Bonchev–Trinajstić information content (AvgIpc) is 2.30. The lowest BCUT2D eigenvalue weighted by molar-refractivity contribution is -0.0835. The second-order valence-corrected chi connectivity index (χ2v) is 5.50. The molecule has 0 amide bonds. The van der Waals surface area contributed by atoms with E-state index in [1.54, 1.807) is 7.11 Å². The van der Waals surface area contributed by atoms with Crippen LogP contribution in [0.15, 0.2) is 0 Å². The zero-order valence-electron chi connectivity index (χ0n) is 9.47. The van der Waals surface area contributed by atoms with E-state index < -0.39 is 0 Å². The minimum atomic E-state index is -0.160. The highest BCUT2D eigenvalue weighted by molar-refractivity contribution is 14.1. The molecule has 0 aromatic rings. The van der Waals surface area contributed by atoms with Crippen molar-refractivity contribution < 1.29 is 9.47 Å². The van der Waals surface area contributed by atoms with Crippen molar-refractivity contribution in [3.63, 3.8) is 0 Å². The van der Waals surface area contributed by atoms with Crippen molar-refractivity contribution >= 4 is 34.2 Å². The van der Waals surface area contributed by atoms with Crippen LogP contribution >= 0.6 is 34.2 Å². The average molecular weight is 347 g/mol. The number of hydrogen-bond acceptors (Lipinski definition) is 2. The minimum Gasteiger partial charge on any atom is -0.381 e. The number of hydrogen-bond donors (Lipinski definition) is 0. The van der Waals surface area contributed by atoms with Gasteiger partial charge in [0, 0.05) is 11.5 Å². The van der Waals surface area contributed by atoms with Gasteiger partial charge in [0.05, 0.1) is 23.7 Å². The van der Waals surface area contributed by atoms with Gasteiger partial charge >= 0.3 is 0 Å². The Morgan fingerprint density at radius 3 is 2.20 bits per heavy atom. The predicted molar refractivity (Wildman–Crippen MR) is 72.2 cm³/mol. The largest absolute Gasteiger partial charge is 0.381 e. The molecule has 1 atom stereocenters. The fourth-order valence-corrected chi connectivity index (χ4v) is 2.81. The Bertz CT molecular complexity index is 177. The molecule has 2 nitrogen and oxygen atoms in total. The van der Waals surface area contributed by atoms with Gasteiger partial charge < -0.3 is 9.47 Å². The first-order valence-electron chi connectivity index (χ1n) is 5.46. The summed E-state index contributed by atoms with van der Waals surface area (Å²) < 4.78 is 12.4. The Labute approximate surface area is 111 Å². The van der Waals surface area contributed by atoms with Gasteiger partial charge in [0.1, 0.15) is 0 Å². The van der Waals surface area contributed by atoms with Crippen LogP contribution in [0.25, 0.3) is 0 Å². The van der Waals surface area contributed by atoms with E-state index in [4.69, 9.17) is 21.1 Å². The van der Waals surface area contributed by atoms with Gasteiger partial charge in [-0.15, -0.1) is 11.6 Å². The van der Waals surface area contributed by atoms with E-state index in [1.807, 2.05) is 0 Å². The van der Waals surface area contributed by atoms with Gasteiger partial charge in [-0.2, -0.15) is 0 Å². The number of methoxy groups -OCH3 is 1. The molecule has 0 bridgehead atoms. The zero-order chi connectivity index (χ0) is 11.3. The number of rotatable bonds is 5. The molecular weight excluding hydrogens is 326 g/mol. The van der Waals surface area contributed by atoms with Gasteiger partial charge in [-0.05, 0) is 32.6 Å². The molecule has 0 saturated heterocycles. The van der Waals surface area contributed by atoms with Crippen LogP contribution in [0.3, 0.4) is 0 Å². The van der Waals surface area contributed by atoms with Gasteiger partial charge in [0.15, 0.2) is 0 Å². The standard InChI is InChI=1S/C11H20ClIO2/c1-11(7-12,8-13)15-10-5-3-9(14-2)4-6-10/h9-10H,3-8H2,1-2H3. The third kappa shape index (κ3) is 4.36. The summed E-state index contributed by atoms with van der Waals surface area (Å²) in [6.07, 6.45) is 5.23. The summed E-state index contributed by atoms with van der Waals surface area (Å²) in [6.45, 7) is 2.09. The molecule has 1 rings (SSSR count). The van der Waals surface area contributed by atoms with Crippen LogP contribution in [0.4, 0.5) is 0 Å². The topological polar surface area (TPSA) is 18.5 Å². The number of halogens is 2. The van der Waals surface area contributed by atoms with Crippen LogP contribution < -0.4 is 0 Å². The van der Waals surface area contributed by atoms with Crippen molar-refractivity contribution in [3.8, 4) is 0 Å². The smallest absolute Gasteiger partial charge is 0.0881 e. The summed E-state index contributed by atoms with van der Waals surface area (Å²) >= 11 is 8.27. The SMILES string of the molecule is COC1CCC(OC(C)(CCl)CI)CC1. The molecule has 15 heavy (non-hydrogen) atoms. The molecule has 0 spiro atoms. The molecule has 0 aromatic heterocycles. The maximum Gasteiger partial charge on any atom is 0.0881 e. The summed E-state index contributed by atoms with van der Waals surface area (Å²) in [6, 6.07) is 0. The Balaban J connectivity index is 2.34. The zero-order valence-corrected chi connectivity index (χ0v) is 12.4. The molecule has 0 aromatic carbocycles. The van der Waals surface area contributed by atoms with E-state index in [1.165, 1.54) is 0 Å². The first kappa shape index (κ1) is 14.0. The molecule has 1 aliphatic carbocycles. The lowest BCUT2D eigenvalue weighted by Gasteiger charge is -2.35. The number of alkyl halides is 2. The highest BCUT2D eigenvalue weighted by Gasteiger charge is 2.29. The van der Waals surface area contributed by atoms with E-state index >= 15 is 0 Å². The van der Waals surface area contributed by atoms with Gasteiger partial charge in [-0.25, -0.2) is 0 Å². The van der Waals surface area contributed by atoms with Crippen molar-refractivity contribution in [1.82, 2.24) is 0 Å². The van der Waals surface area contributed by atoms with Gasteiger partial charge in [-0.3, -0.25) is 0 Å². The molecular formula is C11H20ClIO2. The fourth-order valence-electron chi connectivity index (χ4n) is 1.89. The van der Waals surface area contributed by atoms with E-state index in [0.717, 1.165) is 30.1 Å². The van der Waals surface area contributed by atoms with E-state index in [0.29, 0.717) is 18.1 Å². The summed E-state index contributed by atoms with van der Waals surface area (Å²) in [5.41, 5.74) is -0.160. The Morgan fingerprint density at radius 1 is 1.27 bits per heavy atom. The summed E-state index contributed by atoms with van der Waals surface area (Å²) in [4.78, 5) is 0. The molecule has 1 unspecified atom stereocenters. The highest BCUT2D eigenvalue weighted by atomic mass is 127. The second-order valence-electron chi connectivity index (χ2n) is 4.47. The monoisotopic (exact) mass is 346 g/mol. The van der Waals surface area contributed by atoms with Crippen LogP contribution in [0.2, 0.25) is 0 Å². The van der Waals surface area contributed by atoms with Crippen molar-refractivity contribution in [2.24, 2.45) is 0 Å². The molecule has 0 radical (unpaired) electrons. The molecule has 1 saturated carbocycles. The first-order valence-corrected chi connectivity index (χ1v) is 7.52. The van der Waals surface area contributed by atoms with Crippen LogP contribution in [-0.2, 0) is 9.47 Å². The fraction of sp³-hybridized carbons (Fsp3) is 1.00. The van der Waals surface area contributed by atoms with E-state index in [9.17, 15) is 0 Å². The molecule has 1 aliphatic rings. The van der Waals surface area contributed by atoms with Crippen LogP contribution in [-0.4, -0.2) is 35.2 Å². The van der Waals surface area contributed by atoms with Gasteiger partial charge in [0.25, 0.3) is 0 Å². The minimum absolute atomic E-state index is 0.160. The summed E-state index contributed by atoms with van der Waals surface area (Å²) in [7, 11) is 1.79. The Morgan fingerprint density at radius 2 is 1.80 bits per heavy atom. The normalized spacial score (nSPS) is 31.2. The van der Waals surface area contributed by atoms with Crippen molar-refractivity contribution in [2.75, 3.05) is 17.4 Å². The first-order chi connectivity index (χ1) is 7.13. The molecule has 4 heteroatoms. The molecule has 0 aliphatic heterocycles. The molecule has 0 heterocycles. The number of ether oxygens (including phenoxy) is 2. The maximum absolute atomic E-state index is 6.08. The summed E-state index contributed by atoms with van der Waals surface area (Å²) in [5.74, 6) is 0.570.